The Labute approximate surface area is 139 Å². The SMILES string of the molecule is O=C(CCCc1ccc(O)cc1)NN=Cc1ccc2c(c1)OCO2. The van der Waals surface area contributed by atoms with E-state index in [0.717, 1.165) is 24.0 Å². The average Bonchev–Trinajstić information content (AvgIpc) is 3.04. The molecule has 0 aliphatic carbocycles. The third-order valence-corrected chi connectivity index (χ3v) is 3.61. The molecule has 1 heterocycles. The summed E-state index contributed by atoms with van der Waals surface area (Å²) in [5, 5.41) is 13.2. The summed E-state index contributed by atoms with van der Waals surface area (Å²) in [6.07, 6.45) is 3.45. The number of carbonyl (C=O) groups is 1. The van der Waals surface area contributed by atoms with Crippen LogP contribution in [-0.2, 0) is 11.2 Å². The van der Waals surface area contributed by atoms with E-state index in [1.165, 1.54) is 0 Å². The summed E-state index contributed by atoms with van der Waals surface area (Å²) >= 11 is 0. The molecule has 0 saturated heterocycles. The molecule has 3 rings (SSSR count). The van der Waals surface area contributed by atoms with Gasteiger partial charge in [0, 0.05) is 6.42 Å². The Hall–Kier alpha value is -3.02. The molecule has 0 bridgehead atoms. The van der Waals surface area contributed by atoms with Crippen LogP contribution in [0.1, 0.15) is 24.0 Å². The van der Waals surface area contributed by atoms with Crippen molar-refractivity contribution in [2.75, 3.05) is 6.79 Å². The van der Waals surface area contributed by atoms with Crippen LogP contribution in [0.2, 0.25) is 0 Å². The molecule has 6 nitrogen and oxygen atoms in total. The van der Waals surface area contributed by atoms with Gasteiger partial charge in [0.05, 0.1) is 6.21 Å². The molecular weight excluding hydrogens is 308 g/mol. The fraction of sp³-hybridized carbons (Fsp3) is 0.222. The second-order valence-corrected chi connectivity index (χ2v) is 5.43. The maximum atomic E-state index is 11.8. The zero-order valence-corrected chi connectivity index (χ0v) is 13.1. The molecule has 0 spiro atoms. The first kappa shape index (κ1) is 15.9. The lowest BCUT2D eigenvalue weighted by Crippen LogP contribution is -2.17. The van der Waals surface area contributed by atoms with E-state index >= 15 is 0 Å². The number of hydrogen-bond acceptors (Lipinski definition) is 5. The van der Waals surface area contributed by atoms with Crippen LogP contribution in [0.25, 0.3) is 0 Å². The van der Waals surface area contributed by atoms with E-state index in [9.17, 15) is 9.90 Å². The highest BCUT2D eigenvalue weighted by Gasteiger charge is 2.12. The Balaban J connectivity index is 1.41. The van der Waals surface area contributed by atoms with Gasteiger partial charge < -0.3 is 14.6 Å². The van der Waals surface area contributed by atoms with Crippen molar-refractivity contribution in [2.45, 2.75) is 19.3 Å². The lowest BCUT2D eigenvalue weighted by atomic mass is 10.1. The van der Waals surface area contributed by atoms with Crippen LogP contribution in [0.5, 0.6) is 17.2 Å². The van der Waals surface area contributed by atoms with Crippen molar-refractivity contribution in [3.63, 3.8) is 0 Å². The summed E-state index contributed by atoms with van der Waals surface area (Å²) in [5.74, 6) is 1.50. The Kier molecular flexibility index (Phi) is 4.96. The van der Waals surface area contributed by atoms with Gasteiger partial charge >= 0.3 is 0 Å². The second-order valence-electron chi connectivity index (χ2n) is 5.43. The zero-order valence-electron chi connectivity index (χ0n) is 13.1. The minimum atomic E-state index is -0.134. The summed E-state index contributed by atoms with van der Waals surface area (Å²) in [5.41, 5.74) is 4.42. The van der Waals surface area contributed by atoms with Crippen molar-refractivity contribution in [3.05, 3.63) is 53.6 Å². The van der Waals surface area contributed by atoms with Crippen molar-refractivity contribution in [1.29, 1.82) is 0 Å². The number of benzene rings is 2. The summed E-state index contributed by atoms with van der Waals surface area (Å²) in [7, 11) is 0. The number of rotatable bonds is 6. The number of nitrogens with zero attached hydrogens (tertiary/aromatic N) is 1. The van der Waals surface area contributed by atoms with Crippen LogP contribution < -0.4 is 14.9 Å². The normalized spacial score (nSPS) is 12.5. The Morgan fingerprint density at radius 1 is 1.17 bits per heavy atom. The zero-order chi connectivity index (χ0) is 16.8. The third kappa shape index (κ3) is 4.25. The first-order valence-corrected chi connectivity index (χ1v) is 7.70. The first-order chi connectivity index (χ1) is 11.7. The molecule has 0 radical (unpaired) electrons. The molecule has 2 aromatic rings. The number of carbonyl (C=O) groups excluding carboxylic acids is 1. The third-order valence-electron chi connectivity index (χ3n) is 3.61. The minimum Gasteiger partial charge on any atom is -0.508 e. The van der Waals surface area contributed by atoms with Crippen molar-refractivity contribution < 1.29 is 19.4 Å². The highest BCUT2D eigenvalue weighted by molar-refractivity contribution is 5.83. The second kappa shape index (κ2) is 7.50. The number of phenolic OH excluding ortho intramolecular Hbond substituents is 1. The predicted octanol–water partition coefficient (Wildman–Crippen LogP) is 2.59. The van der Waals surface area contributed by atoms with Crippen molar-refractivity contribution in [3.8, 4) is 17.2 Å². The predicted molar refractivity (Wildman–Crippen MR) is 89.3 cm³/mol. The molecule has 0 fully saturated rings. The summed E-state index contributed by atoms with van der Waals surface area (Å²) < 4.78 is 10.5. The molecule has 0 atom stereocenters. The maximum Gasteiger partial charge on any atom is 0.240 e. The van der Waals surface area contributed by atoms with E-state index in [1.807, 2.05) is 30.3 Å². The molecule has 1 aliphatic rings. The van der Waals surface area contributed by atoms with Crippen LogP contribution in [0.4, 0.5) is 0 Å². The van der Waals surface area contributed by atoms with Gasteiger partial charge in [-0.25, -0.2) is 5.43 Å². The fourth-order valence-corrected chi connectivity index (χ4v) is 2.34. The van der Waals surface area contributed by atoms with Crippen molar-refractivity contribution in [2.24, 2.45) is 5.10 Å². The largest absolute Gasteiger partial charge is 0.508 e. The highest BCUT2D eigenvalue weighted by atomic mass is 16.7. The molecule has 0 saturated carbocycles. The van der Waals surface area contributed by atoms with E-state index in [-0.39, 0.29) is 18.4 Å². The maximum absolute atomic E-state index is 11.8. The number of fused-ring (bicyclic) bond motifs is 1. The average molecular weight is 326 g/mol. The molecule has 2 N–H and O–H groups in total. The van der Waals surface area contributed by atoms with Gasteiger partial charge in [-0.05, 0) is 54.3 Å². The van der Waals surface area contributed by atoms with E-state index in [4.69, 9.17) is 9.47 Å². The number of aryl methyl sites for hydroxylation is 1. The minimum absolute atomic E-state index is 0.134. The molecule has 2 aromatic carbocycles. The van der Waals surface area contributed by atoms with Gasteiger partial charge in [-0.1, -0.05) is 12.1 Å². The van der Waals surface area contributed by atoms with Gasteiger partial charge in [-0.3, -0.25) is 4.79 Å². The van der Waals surface area contributed by atoms with Crippen molar-refractivity contribution >= 4 is 12.1 Å². The number of hydrogen-bond donors (Lipinski definition) is 2. The first-order valence-electron chi connectivity index (χ1n) is 7.70. The topological polar surface area (TPSA) is 80.2 Å². The van der Waals surface area contributed by atoms with Gasteiger partial charge in [-0.2, -0.15) is 5.10 Å². The molecule has 0 aromatic heterocycles. The van der Waals surface area contributed by atoms with Crippen LogP contribution in [0.15, 0.2) is 47.6 Å². The summed E-state index contributed by atoms with van der Waals surface area (Å²) in [6, 6.07) is 12.5. The Morgan fingerprint density at radius 2 is 1.96 bits per heavy atom. The number of ether oxygens (including phenoxy) is 2. The van der Waals surface area contributed by atoms with Crippen molar-refractivity contribution in [1.82, 2.24) is 5.43 Å². The van der Waals surface area contributed by atoms with Gasteiger partial charge in [0.2, 0.25) is 12.7 Å². The number of amides is 1. The summed E-state index contributed by atoms with van der Waals surface area (Å²) in [6.45, 7) is 0.230. The van der Waals surface area contributed by atoms with Crippen LogP contribution in [0, 0.1) is 0 Å². The molecule has 24 heavy (non-hydrogen) atoms. The lowest BCUT2D eigenvalue weighted by molar-refractivity contribution is -0.121. The molecular formula is C18H18N2O4. The smallest absolute Gasteiger partial charge is 0.240 e. The highest BCUT2D eigenvalue weighted by Crippen LogP contribution is 2.31. The van der Waals surface area contributed by atoms with Crippen LogP contribution >= 0.6 is 0 Å². The summed E-state index contributed by atoms with van der Waals surface area (Å²) in [4.78, 5) is 11.8. The van der Waals surface area contributed by atoms with Gasteiger partial charge in [0.1, 0.15) is 5.75 Å². The van der Waals surface area contributed by atoms with E-state index in [0.29, 0.717) is 17.9 Å². The monoisotopic (exact) mass is 326 g/mol. The molecule has 1 aliphatic heterocycles. The van der Waals surface area contributed by atoms with Crippen LogP contribution in [-0.4, -0.2) is 24.0 Å². The number of aromatic hydroxyl groups is 1. The van der Waals surface area contributed by atoms with Gasteiger partial charge in [-0.15, -0.1) is 0 Å². The number of nitrogens with one attached hydrogen (secondary N) is 1. The van der Waals surface area contributed by atoms with E-state index in [1.54, 1.807) is 18.3 Å². The Bertz CT molecular complexity index is 741. The molecule has 6 heteroatoms. The molecule has 1 amide bonds. The number of phenols is 1. The number of hydrazone groups is 1. The standard InChI is InChI=1S/C18H18N2O4/c21-15-7-4-13(5-8-15)2-1-3-18(22)20-19-11-14-6-9-16-17(10-14)24-12-23-16/h4-11,21H,1-3,12H2,(H,20,22). The quantitative estimate of drug-likeness (QED) is 0.631. The Morgan fingerprint density at radius 3 is 2.79 bits per heavy atom. The van der Waals surface area contributed by atoms with E-state index < -0.39 is 0 Å². The van der Waals surface area contributed by atoms with E-state index in [2.05, 4.69) is 10.5 Å². The van der Waals surface area contributed by atoms with Gasteiger partial charge in [0.25, 0.3) is 0 Å². The lowest BCUT2D eigenvalue weighted by Gasteiger charge is -2.02. The van der Waals surface area contributed by atoms with Crippen LogP contribution in [0.3, 0.4) is 0 Å². The molecule has 0 unspecified atom stereocenters. The van der Waals surface area contributed by atoms with Gasteiger partial charge in [0.15, 0.2) is 11.5 Å². The molecule has 124 valence electrons. The fourth-order valence-electron chi connectivity index (χ4n) is 2.34.